The van der Waals surface area contributed by atoms with E-state index >= 15 is 0 Å². The van der Waals surface area contributed by atoms with Crippen molar-refractivity contribution in [3.05, 3.63) is 92.9 Å². The minimum absolute atomic E-state index is 0.214. The van der Waals surface area contributed by atoms with Crippen molar-refractivity contribution in [2.45, 2.75) is 33.4 Å². The molecule has 3 aromatic heterocycles. The summed E-state index contributed by atoms with van der Waals surface area (Å²) in [6.45, 7) is 5.09. The molecule has 3 heterocycles. The summed E-state index contributed by atoms with van der Waals surface area (Å²) < 4.78 is 5.08. The lowest BCUT2D eigenvalue weighted by molar-refractivity contribution is 0.580. The number of nitrogens with zero attached hydrogens (tertiary/aromatic N) is 6. The highest BCUT2D eigenvalue weighted by Crippen LogP contribution is 2.19. The van der Waals surface area contributed by atoms with Crippen LogP contribution in [0.5, 0.6) is 0 Å². The molecule has 5 rings (SSSR count). The van der Waals surface area contributed by atoms with Gasteiger partial charge in [-0.1, -0.05) is 35.9 Å². The Balaban J connectivity index is 1.58. The molecule has 0 aliphatic heterocycles. The number of hydrogen-bond acceptors (Lipinski definition) is 4. The highest BCUT2D eigenvalue weighted by atomic mass is 35.5. The first-order chi connectivity index (χ1) is 15.0. The van der Waals surface area contributed by atoms with E-state index in [4.69, 9.17) is 16.6 Å². The van der Waals surface area contributed by atoms with Gasteiger partial charge in [-0.05, 0) is 49.7 Å². The van der Waals surface area contributed by atoms with Gasteiger partial charge in [-0.15, -0.1) is 5.10 Å². The van der Waals surface area contributed by atoms with Crippen LogP contribution in [-0.2, 0) is 19.5 Å². The molecule has 0 radical (unpaired) electrons. The molecular weight excluding hydrogens is 412 g/mol. The van der Waals surface area contributed by atoms with Gasteiger partial charge in [0.2, 0.25) is 0 Å². The van der Waals surface area contributed by atoms with E-state index in [0.717, 1.165) is 27.9 Å². The summed E-state index contributed by atoms with van der Waals surface area (Å²) in [6, 6.07) is 17.3. The van der Waals surface area contributed by atoms with Crippen molar-refractivity contribution in [2.75, 3.05) is 0 Å². The van der Waals surface area contributed by atoms with E-state index in [2.05, 4.69) is 10.2 Å². The van der Waals surface area contributed by atoms with E-state index < -0.39 is 0 Å². The first-order valence-electron chi connectivity index (χ1n) is 10.1. The SMILES string of the molecule is Cc1cc(C)n(CCc2nc3c4ccccc4n(Cc4ccc(Cl)cc4)c(=O)n3n2)n1. The first kappa shape index (κ1) is 19.5. The molecule has 156 valence electrons. The number of aryl methyl sites for hydroxylation is 4. The van der Waals surface area contributed by atoms with E-state index in [1.807, 2.05) is 73.1 Å². The zero-order valence-corrected chi connectivity index (χ0v) is 18.0. The molecular formula is C23H21ClN6O. The van der Waals surface area contributed by atoms with E-state index in [1.54, 1.807) is 4.57 Å². The van der Waals surface area contributed by atoms with Crippen LogP contribution in [0.3, 0.4) is 0 Å². The van der Waals surface area contributed by atoms with Crippen LogP contribution in [0, 0.1) is 13.8 Å². The van der Waals surface area contributed by atoms with E-state index in [0.29, 0.717) is 36.0 Å². The minimum atomic E-state index is -0.214. The Morgan fingerprint density at radius 3 is 2.52 bits per heavy atom. The lowest BCUT2D eigenvalue weighted by Crippen LogP contribution is -2.28. The van der Waals surface area contributed by atoms with Crippen LogP contribution in [0.1, 0.15) is 22.8 Å². The van der Waals surface area contributed by atoms with Crippen LogP contribution >= 0.6 is 11.6 Å². The number of benzene rings is 2. The highest BCUT2D eigenvalue weighted by molar-refractivity contribution is 6.30. The third kappa shape index (κ3) is 3.61. The van der Waals surface area contributed by atoms with Crippen molar-refractivity contribution < 1.29 is 0 Å². The third-order valence-electron chi connectivity index (χ3n) is 5.40. The summed E-state index contributed by atoms with van der Waals surface area (Å²) in [6.07, 6.45) is 0.592. The lowest BCUT2D eigenvalue weighted by atomic mass is 10.2. The van der Waals surface area contributed by atoms with Gasteiger partial charge in [-0.2, -0.15) is 9.61 Å². The fourth-order valence-corrected chi connectivity index (χ4v) is 4.04. The molecule has 31 heavy (non-hydrogen) atoms. The number of halogens is 1. The molecule has 0 spiro atoms. The Labute approximate surface area is 183 Å². The lowest BCUT2D eigenvalue weighted by Gasteiger charge is -2.11. The molecule has 0 aliphatic carbocycles. The molecule has 7 nitrogen and oxygen atoms in total. The van der Waals surface area contributed by atoms with Crippen LogP contribution in [0.2, 0.25) is 5.02 Å². The fourth-order valence-electron chi connectivity index (χ4n) is 3.92. The number of rotatable bonds is 5. The van der Waals surface area contributed by atoms with Gasteiger partial charge in [0.1, 0.15) is 0 Å². The molecule has 0 saturated carbocycles. The maximum Gasteiger partial charge on any atom is 0.351 e. The van der Waals surface area contributed by atoms with Crippen LogP contribution in [-0.4, -0.2) is 28.9 Å². The van der Waals surface area contributed by atoms with Gasteiger partial charge in [0.25, 0.3) is 0 Å². The van der Waals surface area contributed by atoms with E-state index in [9.17, 15) is 4.79 Å². The van der Waals surface area contributed by atoms with Gasteiger partial charge < -0.3 is 0 Å². The molecule has 0 N–H and O–H groups in total. The quantitative estimate of drug-likeness (QED) is 0.423. The highest BCUT2D eigenvalue weighted by Gasteiger charge is 2.15. The third-order valence-corrected chi connectivity index (χ3v) is 5.66. The molecule has 0 fully saturated rings. The van der Waals surface area contributed by atoms with Gasteiger partial charge in [0.15, 0.2) is 11.5 Å². The number of hydrogen-bond donors (Lipinski definition) is 0. The largest absolute Gasteiger partial charge is 0.351 e. The molecule has 5 aromatic rings. The van der Waals surface area contributed by atoms with Crippen molar-refractivity contribution in [1.82, 2.24) is 28.9 Å². The molecule has 0 saturated heterocycles. The van der Waals surface area contributed by atoms with Crippen molar-refractivity contribution in [1.29, 1.82) is 0 Å². The normalized spacial score (nSPS) is 11.6. The molecule has 0 aliphatic rings. The molecule has 0 unspecified atom stereocenters. The second-order valence-corrected chi connectivity index (χ2v) is 8.11. The molecule has 2 aromatic carbocycles. The van der Waals surface area contributed by atoms with Crippen LogP contribution < -0.4 is 5.69 Å². The fraction of sp³-hybridized carbons (Fsp3) is 0.217. The van der Waals surface area contributed by atoms with Crippen molar-refractivity contribution in [3.63, 3.8) is 0 Å². The van der Waals surface area contributed by atoms with Crippen molar-refractivity contribution in [3.8, 4) is 0 Å². The maximum absolute atomic E-state index is 13.3. The average Bonchev–Trinajstić information content (AvgIpc) is 3.33. The van der Waals surface area contributed by atoms with Gasteiger partial charge in [-0.3, -0.25) is 9.25 Å². The predicted octanol–water partition coefficient (Wildman–Crippen LogP) is 3.80. The van der Waals surface area contributed by atoms with E-state index in [-0.39, 0.29) is 5.69 Å². The zero-order valence-electron chi connectivity index (χ0n) is 17.3. The Kier molecular flexibility index (Phi) is 4.82. The molecule has 8 heteroatoms. The monoisotopic (exact) mass is 432 g/mol. The van der Waals surface area contributed by atoms with Crippen LogP contribution in [0.4, 0.5) is 0 Å². The summed E-state index contributed by atoms with van der Waals surface area (Å²) in [7, 11) is 0. The summed E-state index contributed by atoms with van der Waals surface area (Å²) in [5.41, 5.74) is 4.26. The number of aromatic nitrogens is 6. The molecule has 0 bridgehead atoms. The minimum Gasteiger partial charge on any atom is -0.287 e. The summed E-state index contributed by atoms with van der Waals surface area (Å²) >= 11 is 6.01. The Bertz CT molecular complexity index is 1460. The second kappa shape index (κ2) is 7.67. The zero-order chi connectivity index (χ0) is 21.5. The van der Waals surface area contributed by atoms with Crippen molar-refractivity contribution >= 4 is 28.2 Å². The van der Waals surface area contributed by atoms with Gasteiger partial charge in [-0.25, -0.2) is 9.78 Å². The maximum atomic E-state index is 13.3. The Hall–Kier alpha value is -3.45. The topological polar surface area (TPSA) is 70.0 Å². The average molecular weight is 433 g/mol. The molecule has 0 amide bonds. The van der Waals surface area contributed by atoms with Gasteiger partial charge in [0, 0.05) is 29.1 Å². The van der Waals surface area contributed by atoms with Crippen molar-refractivity contribution in [2.24, 2.45) is 0 Å². The summed E-state index contributed by atoms with van der Waals surface area (Å²) in [5.74, 6) is 0.624. The van der Waals surface area contributed by atoms with Gasteiger partial charge >= 0.3 is 5.69 Å². The second-order valence-electron chi connectivity index (χ2n) is 7.68. The summed E-state index contributed by atoms with van der Waals surface area (Å²) in [4.78, 5) is 18.0. The molecule has 0 atom stereocenters. The van der Waals surface area contributed by atoms with Crippen LogP contribution in [0.15, 0.2) is 59.4 Å². The Morgan fingerprint density at radius 1 is 1.00 bits per heavy atom. The predicted molar refractivity (Wildman–Crippen MR) is 121 cm³/mol. The first-order valence-corrected chi connectivity index (χ1v) is 10.5. The standard InChI is InChI=1S/C23H21ClN6O/c1-15-13-16(2)29(26-15)12-11-21-25-22-19-5-3-4-6-20(19)28(23(31)30(22)27-21)14-17-7-9-18(24)10-8-17/h3-10,13H,11-12,14H2,1-2H3. The van der Waals surface area contributed by atoms with E-state index in [1.165, 1.54) is 4.52 Å². The van der Waals surface area contributed by atoms with Crippen LogP contribution in [0.25, 0.3) is 16.6 Å². The number of para-hydroxylation sites is 1. The summed E-state index contributed by atoms with van der Waals surface area (Å²) in [5, 5.41) is 10.6. The Morgan fingerprint density at radius 2 is 1.77 bits per heavy atom. The number of fused-ring (bicyclic) bond motifs is 3. The smallest absolute Gasteiger partial charge is 0.287 e. The van der Waals surface area contributed by atoms with Gasteiger partial charge in [0.05, 0.1) is 17.8 Å².